The van der Waals surface area contributed by atoms with Crippen LogP contribution >= 0.6 is 0 Å². The van der Waals surface area contributed by atoms with Crippen molar-refractivity contribution < 1.29 is 14.2 Å². The predicted molar refractivity (Wildman–Crippen MR) is 57.7 cm³/mol. The Kier molecular flexibility index (Phi) is 12.8. The largest absolute Gasteiger partial charge is 0.385 e. The van der Waals surface area contributed by atoms with Gasteiger partial charge in [0.2, 0.25) is 0 Å². The highest BCUT2D eigenvalue weighted by Gasteiger charge is 1.91. The summed E-state index contributed by atoms with van der Waals surface area (Å²) in [5, 5.41) is 0. The summed E-state index contributed by atoms with van der Waals surface area (Å²) in [6.07, 6.45) is 5.82. The average Bonchev–Trinajstić information content (AvgIpc) is 2.21. The molecule has 0 aromatic carbocycles. The van der Waals surface area contributed by atoms with E-state index in [4.69, 9.17) is 14.2 Å². The van der Waals surface area contributed by atoms with Crippen LogP contribution in [0.25, 0.3) is 0 Å². The summed E-state index contributed by atoms with van der Waals surface area (Å²) in [7, 11) is 3.47. The molecule has 0 aromatic heterocycles. The maximum atomic E-state index is 5.43. The topological polar surface area (TPSA) is 27.7 Å². The quantitative estimate of drug-likeness (QED) is 0.483. The predicted octanol–water partition coefficient (Wildman–Crippen LogP) is 2.25. The first kappa shape index (κ1) is 13.9. The van der Waals surface area contributed by atoms with Gasteiger partial charge in [0.25, 0.3) is 0 Å². The second-order valence-electron chi connectivity index (χ2n) is 3.37. The molecule has 86 valence electrons. The van der Waals surface area contributed by atoms with Crippen LogP contribution < -0.4 is 0 Å². The van der Waals surface area contributed by atoms with Gasteiger partial charge in [-0.1, -0.05) is 12.8 Å². The Balaban J connectivity index is 2.78. The van der Waals surface area contributed by atoms with E-state index in [1.165, 1.54) is 19.3 Å². The first-order chi connectivity index (χ1) is 6.91. The van der Waals surface area contributed by atoms with Crippen LogP contribution in [0.1, 0.15) is 32.1 Å². The zero-order chi connectivity index (χ0) is 10.5. The third kappa shape index (κ3) is 11.9. The van der Waals surface area contributed by atoms with E-state index in [1.54, 1.807) is 14.2 Å². The molecule has 14 heavy (non-hydrogen) atoms. The van der Waals surface area contributed by atoms with Gasteiger partial charge < -0.3 is 14.2 Å². The van der Waals surface area contributed by atoms with Gasteiger partial charge in [-0.3, -0.25) is 0 Å². The van der Waals surface area contributed by atoms with E-state index in [1.807, 2.05) is 0 Å². The summed E-state index contributed by atoms with van der Waals surface area (Å²) in [4.78, 5) is 0. The second-order valence-corrected chi connectivity index (χ2v) is 3.37. The van der Waals surface area contributed by atoms with Gasteiger partial charge in [0.15, 0.2) is 0 Å². The first-order valence-electron chi connectivity index (χ1n) is 5.47. The molecule has 0 bridgehead atoms. The number of unbranched alkanes of at least 4 members (excludes halogenated alkanes) is 3. The standard InChI is InChI=1S/C11H24O3/c1-12-8-5-3-4-6-10-14-11-7-9-13-2/h3-11H2,1-2H3. The maximum absolute atomic E-state index is 5.43. The lowest BCUT2D eigenvalue weighted by Gasteiger charge is -2.03. The van der Waals surface area contributed by atoms with Gasteiger partial charge in [-0.05, 0) is 19.3 Å². The fraction of sp³-hybridized carbons (Fsp3) is 1.00. The minimum absolute atomic E-state index is 0.799. The van der Waals surface area contributed by atoms with Gasteiger partial charge in [0.05, 0.1) is 0 Å². The summed E-state index contributed by atoms with van der Waals surface area (Å²) in [6, 6.07) is 0. The molecule has 0 atom stereocenters. The normalized spacial score (nSPS) is 10.7. The van der Waals surface area contributed by atoms with Gasteiger partial charge in [0, 0.05) is 40.6 Å². The molecule has 0 aromatic rings. The SMILES string of the molecule is COCCCCCCOCCCOC. The molecule has 0 amide bonds. The van der Waals surface area contributed by atoms with Crippen molar-refractivity contribution in [2.75, 3.05) is 40.6 Å². The van der Waals surface area contributed by atoms with Crippen LogP contribution in [0, 0.1) is 0 Å². The molecule has 0 aliphatic carbocycles. The molecule has 0 spiro atoms. The van der Waals surface area contributed by atoms with Crippen molar-refractivity contribution in [3.63, 3.8) is 0 Å². The number of rotatable bonds is 11. The molecule has 3 heteroatoms. The van der Waals surface area contributed by atoms with Crippen LogP contribution in [0.3, 0.4) is 0 Å². The van der Waals surface area contributed by atoms with Gasteiger partial charge in [-0.25, -0.2) is 0 Å². The van der Waals surface area contributed by atoms with E-state index >= 15 is 0 Å². The second kappa shape index (κ2) is 12.9. The summed E-state index contributed by atoms with van der Waals surface area (Å²) >= 11 is 0. The van der Waals surface area contributed by atoms with Gasteiger partial charge in [-0.15, -0.1) is 0 Å². The lowest BCUT2D eigenvalue weighted by molar-refractivity contribution is 0.0996. The summed E-state index contributed by atoms with van der Waals surface area (Å²) < 4.78 is 15.3. The molecule has 0 heterocycles. The number of hydrogen-bond acceptors (Lipinski definition) is 3. The smallest absolute Gasteiger partial charge is 0.0487 e. The Labute approximate surface area is 87.7 Å². The van der Waals surface area contributed by atoms with Crippen molar-refractivity contribution in [3.8, 4) is 0 Å². The monoisotopic (exact) mass is 204 g/mol. The molecule has 0 rings (SSSR count). The summed E-state index contributed by atoms with van der Waals surface area (Å²) in [5.74, 6) is 0. The Morgan fingerprint density at radius 1 is 0.571 bits per heavy atom. The van der Waals surface area contributed by atoms with Crippen molar-refractivity contribution >= 4 is 0 Å². The van der Waals surface area contributed by atoms with Gasteiger partial charge in [0.1, 0.15) is 0 Å². The highest BCUT2D eigenvalue weighted by Crippen LogP contribution is 2.00. The zero-order valence-electron chi connectivity index (χ0n) is 9.59. The Hall–Kier alpha value is -0.120. The lowest BCUT2D eigenvalue weighted by atomic mass is 10.2. The van der Waals surface area contributed by atoms with E-state index in [2.05, 4.69) is 0 Å². The van der Waals surface area contributed by atoms with E-state index < -0.39 is 0 Å². The van der Waals surface area contributed by atoms with Crippen molar-refractivity contribution in [3.05, 3.63) is 0 Å². The first-order valence-corrected chi connectivity index (χ1v) is 5.47. The van der Waals surface area contributed by atoms with Crippen molar-refractivity contribution in [2.24, 2.45) is 0 Å². The van der Waals surface area contributed by atoms with Crippen LogP contribution in [0.5, 0.6) is 0 Å². The van der Waals surface area contributed by atoms with E-state index in [0.29, 0.717) is 0 Å². The molecule has 0 aliphatic heterocycles. The van der Waals surface area contributed by atoms with Gasteiger partial charge >= 0.3 is 0 Å². The zero-order valence-corrected chi connectivity index (χ0v) is 9.59. The third-order valence-corrected chi connectivity index (χ3v) is 2.02. The molecule has 0 saturated carbocycles. The minimum atomic E-state index is 0.799. The Morgan fingerprint density at radius 2 is 1.07 bits per heavy atom. The van der Waals surface area contributed by atoms with Crippen LogP contribution in [0.4, 0.5) is 0 Å². The fourth-order valence-corrected chi connectivity index (χ4v) is 1.21. The molecule has 0 N–H and O–H groups in total. The highest BCUT2D eigenvalue weighted by molar-refractivity contribution is 4.42. The van der Waals surface area contributed by atoms with E-state index in [9.17, 15) is 0 Å². The van der Waals surface area contributed by atoms with Crippen LogP contribution in [0.2, 0.25) is 0 Å². The Morgan fingerprint density at radius 3 is 1.71 bits per heavy atom. The van der Waals surface area contributed by atoms with Crippen molar-refractivity contribution in [2.45, 2.75) is 32.1 Å². The number of hydrogen-bond donors (Lipinski definition) is 0. The summed E-state index contributed by atoms with van der Waals surface area (Å²) in [6.45, 7) is 3.39. The number of methoxy groups -OCH3 is 2. The highest BCUT2D eigenvalue weighted by atomic mass is 16.5. The maximum Gasteiger partial charge on any atom is 0.0487 e. The lowest BCUT2D eigenvalue weighted by Crippen LogP contribution is -2.00. The Bertz CT molecular complexity index is 84.5. The molecular formula is C11H24O3. The van der Waals surface area contributed by atoms with Gasteiger partial charge in [-0.2, -0.15) is 0 Å². The van der Waals surface area contributed by atoms with Crippen LogP contribution in [-0.2, 0) is 14.2 Å². The van der Waals surface area contributed by atoms with E-state index in [0.717, 1.165) is 39.3 Å². The average molecular weight is 204 g/mol. The summed E-state index contributed by atoms with van der Waals surface area (Å²) in [5.41, 5.74) is 0. The molecule has 0 unspecified atom stereocenters. The molecular weight excluding hydrogens is 180 g/mol. The van der Waals surface area contributed by atoms with Crippen LogP contribution in [0.15, 0.2) is 0 Å². The number of ether oxygens (including phenoxy) is 3. The van der Waals surface area contributed by atoms with Crippen LogP contribution in [-0.4, -0.2) is 40.6 Å². The molecule has 3 nitrogen and oxygen atoms in total. The molecule has 0 radical (unpaired) electrons. The van der Waals surface area contributed by atoms with E-state index in [-0.39, 0.29) is 0 Å². The molecule has 0 saturated heterocycles. The molecule has 0 fully saturated rings. The third-order valence-electron chi connectivity index (χ3n) is 2.02. The van der Waals surface area contributed by atoms with Crippen molar-refractivity contribution in [1.82, 2.24) is 0 Å². The molecule has 0 aliphatic rings. The van der Waals surface area contributed by atoms with Crippen molar-refractivity contribution in [1.29, 1.82) is 0 Å². The fourth-order valence-electron chi connectivity index (χ4n) is 1.21. The minimum Gasteiger partial charge on any atom is -0.385 e.